The fourth-order valence-corrected chi connectivity index (χ4v) is 3.06. The molecule has 2 aromatic carbocycles. The Morgan fingerprint density at radius 1 is 0.885 bits per heavy atom. The average molecular weight is 459 g/mol. The van der Waals surface area contributed by atoms with E-state index in [4.69, 9.17) is 9.72 Å². The molecule has 4 nitrogen and oxygen atoms in total. The highest BCUT2D eigenvalue weighted by Crippen LogP contribution is 2.41. The number of rotatable bonds is 4. The Morgan fingerprint density at radius 3 is 2.19 bits per heavy atom. The van der Waals surface area contributed by atoms with Crippen molar-refractivity contribution in [1.82, 2.24) is 4.98 Å². The summed E-state index contributed by atoms with van der Waals surface area (Å²) in [6, 6.07) is 24.6. The molecule has 0 amide bonds. The van der Waals surface area contributed by atoms with Crippen LogP contribution in [0.15, 0.2) is 72.8 Å². The van der Waals surface area contributed by atoms with Gasteiger partial charge in [-0.3, -0.25) is 0 Å². The molecular weight excluding hydrogens is 437 g/mol. The van der Waals surface area contributed by atoms with Crippen molar-refractivity contribution in [2.75, 3.05) is 16.5 Å². The lowest BCUT2D eigenvalue weighted by molar-refractivity contribution is 0.463. The Morgan fingerprint density at radius 2 is 1.54 bits per heavy atom. The summed E-state index contributed by atoms with van der Waals surface area (Å²) in [7, 11) is 0. The van der Waals surface area contributed by atoms with Crippen LogP contribution in [0.25, 0.3) is 0 Å². The molecule has 3 aromatic rings. The molecule has 0 aliphatic carbocycles. The first-order valence-corrected chi connectivity index (χ1v) is 8.55. The number of para-hydroxylation sites is 2. The number of ether oxygens (including phenoxy) is 1. The van der Waals surface area contributed by atoms with E-state index in [0.717, 1.165) is 29.6 Å². The zero-order chi connectivity index (χ0) is 17.2. The number of aromatic nitrogens is 1. The quantitative estimate of drug-likeness (QED) is 0.460. The predicted octanol–water partition coefficient (Wildman–Crippen LogP) is 5.82. The van der Waals surface area contributed by atoms with Gasteiger partial charge in [0.2, 0.25) is 5.88 Å². The van der Waals surface area contributed by atoms with Crippen molar-refractivity contribution in [3.8, 4) is 11.6 Å². The number of anilines is 3. The molecule has 0 saturated carbocycles. The van der Waals surface area contributed by atoms with Gasteiger partial charge in [0.25, 0.3) is 0 Å². The van der Waals surface area contributed by atoms with Gasteiger partial charge in [0.15, 0.2) is 5.82 Å². The Labute approximate surface area is 171 Å². The second-order valence-electron chi connectivity index (χ2n) is 6.38. The largest absolute Gasteiger partial charge is 0.439 e. The lowest BCUT2D eigenvalue weighted by Gasteiger charge is -2.24. The molecule has 0 fully saturated rings. The Balaban J connectivity index is 0.00000196. The summed E-state index contributed by atoms with van der Waals surface area (Å²) in [5.74, 6) is 2.34. The lowest BCUT2D eigenvalue weighted by Crippen LogP contribution is -2.33. The number of hydrogen-bond donors (Lipinski definition) is 0. The average Bonchev–Trinajstić information content (AvgIpc) is 3.02. The first-order chi connectivity index (χ1) is 12.2. The van der Waals surface area contributed by atoms with E-state index in [1.54, 1.807) is 0 Å². The first kappa shape index (κ1) is 18.5. The summed E-state index contributed by atoms with van der Waals surface area (Å²) in [5.41, 5.74) is 2.27. The minimum Gasteiger partial charge on any atom is -0.439 e. The van der Waals surface area contributed by atoms with Crippen molar-refractivity contribution in [3.05, 3.63) is 72.8 Å². The zero-order valence-electron chi connectivity index (χ0n) is 14.9. The molecule has 2 heterocycles. The third-order valence-corrected chi connectivity index (χ3v) is 4.34. The molecule has 26 heavy (non-hydrogen) atoms. The van der Waals surface area contributed by atoms with Gasteiger partial charge in [0.1, 0.15) is 5.75 Å². The first-order valence-electron chi connectivity index (χ1n) is 8.55. The fraction of sp³-hybridized carbons (Fsp3) is 0.190. The highest BCUT2D eigenvalue weighted by atomic mass is 127. The molecule has 0 atom stereocenters. The molecule has 0 bridgehead atoms. The van der Waals surface area contributed by atoms with Crippen LogP contribution in [0.4, 0.5) is 17.2 Å². The molecule has 0 radical (unpaired) electrons. The third-order valence-electron chi connectivity index (χ3n) is 4.34. The molecule has 0 N–H and O–H groups in total. The normalized spacial score (nSPS) is 12.7. The molecule has 0 saturated heterocycles. The summed E-state index contributed by atoms with van der Waals surface area (Å²) in [6.07, 6.45) is 0. The van der Waals surface area contributed by atoms with E-state index in [0.29, 0.717) is 11.9 Å². The lowest BCUT2D eigenvalue weighted by atomic mass is 10.3. The third kappa shape index (κ3) is 3.62. The van der Waals surface area contributed by atoms with Gasteiger partial charge in [0.05, 0.1) is 12.4 Å². The van der Waals surface area contributed by atoms with Crippen molar-refractivity contribution in [2.24, 2.45) is 0 Å². The summed E-state index contributed by atoms with van der Waals surface area (Å²) in [4.78, 5) is 9.38. The monoisotopic (exact) mass is 459 g/mol. The SMILES string of the molecule is CC(C)N1CN(c2ccccc2)c2nc(Oc3ccccc3)ccc21.I. The number of nitrogens with zero attached hydrogens (tertiary/aromatic N) is 3. The number of benzene rings is 2. The van der Waals surface area contributed by atoms with E-state index in [1.165, 1.54) is 0 Å². The molecule has 4 rings (SSSR count). The highest BCUT2D eigenvalue weighted by Gasteiger charge is 2.30. The maximum absolute atomic E-state index is 5.93. The van der Waals surface area contributed by atoms with E-state index < -0.39 is 0 Å². The molecule has 1 aliphatic heterocycles. The molecular formula is C21H22IN3O. The fourth-order valence-electron chi connectivity index (χ4n) is 3.06. The van der Waals surface area contributed by atoms with Crippen molar-refractivity contribution in [3.63, 3.8) is 0 Å². The van der Waals surface area contributed by atoms with Crippen LogP contribution in [-0.4, -0.2) is 17.7 Å². The van der Waals surface area contributed by atoms with Crippen LogP contribution in [0.5, 0.6) is 11.6 Å². The van der Waals surface area contributed by atoms with Crippen molar-refractivity contribution in [1.29, 1.82) is 0 Å². The standard InChI is InChI=1S/C21H21N3O.HI/c1-16(2)23-15-24(17-9-5-3-6-10-17)21-19(23)13-14-20(22-21)25-18-11-7-4-8-12-18;/h3-14,16H,15H2,1-2H3;1H. The molecule has 0 unspecified atom stereocenters. The van der Waals surface area contributed by atoms with Crippen LogP contribution < -0.4 is 14.5 Å². The maximum Gasteiger partial charge on any atom is 0.221 e. The van der Waals surface area contributed by atoms with Gasteiger partial charge < -0.3 is 14.5 Å². The predicted molar refractivity (Wildman–Crippen MR) is 117 cm³/mol. The van der Waals surface area contributed by atoms with Crippen LogP contribution in [-0.2, 0) is 0 Å². The Kier molecular flexibility index (Phi) is 5.66. The van der Waals surface area contributed by atoms with Gasteiger partial charge in [0, 0.05) is 17.8 Å². The van der Waals surface area contributed by atoms with E-state index in [1.807, 2.05) is 42.5 Å². The van der Waals surface area contributed by atoms with E-state index in [2.05, 4.69) is 54.0 Å². The van der Waals surface area contributed by atoms with Crippen LogP contribution in [0, 0.1) is 0 Å². The van der Waals surface area contributed by atoms with Crippen LogP contribution >= 0.6 is 24.0 Å². The Hall–Kier alpha value is -2.28. The van der Waals surface area contributed by atoms with Gasteiger partial charge in [-0.15, -0.1) is 24.0 Å². The number of hydrogen-bond acceptors (Lipinski definition) is 4. The number of fused-ring (bicyclic) bond motifs is 1. The van der Waals surface area contributed by atoms with E-state index in [-0.39, 0.29) is 24.0 Å². The molecule has 5 heteroatoms. The Bertz CT molecular complexity index is 856. The smallest absolute Gasteiger partial charge is 0.221 e. The highest BCUT2D eigenvalue weighted by molar-refractivity contribution is 14.0. The van der Waals surface area contributed by atoms with Gasteiger partial charge in [-0.05, 0) is 44.2 Å². The maximum atomic E-state index is 5.93. The van der Waals surface area contributed by atoms with Crippen LogP contribution in [0.1, 0.15) is 13.8 Å². The van der Waals surface area contributed by atoms with Crippen molar-refractivity contribution in [2.45, 2.75) is 19.9 Å². The second kappa shape index (κ2) is 7.95. The van der Waals surface area contributed by atoms with Gasteiger partial charge >= 0.3 is 0 Å². The summed E-state index contributed by atoms with van der Waals surface area (Å²) >= 11 is 0. The second-order valence-corrected chi connectivity index (χ2v) is 6.38. The molecule has 0 spiro atoms. The van der Waals surface area contributed by atoms with Crippen LogP contribution in [0.2, 0.25) is 0 Å². The minimum absolute atomic E-state index is 0. The van der Waals surface area contributed by atoms with Gasteiger partial charge in [-0.2, -0.15) is 4.98 Å². The number of halogens is 1. The summed E-state index contributed by atoms with van der Waals surface area (Å²) in [5, 5.41) is 0. The van der Waals surface area contributed by atoms with Crippen molar-refractivity contribution >= 4 is 41.2 Å². The van der Waals surface area contributed by atoms with Crippen molar-refractivity contribution < 1.29 is 4.74 Å². The zero-order valence-corrected chi connectivity index (χ0v) is 17.2. The number of pyridine rings is 1. The summed E-state index contributed by atoms with van der Waals surface area (Å²) in [6.45, 7) is 5.19. The van der Waals surface area contributed by atoms with Gasteiger partial charge in [-0.1, -0.05) is 36.4 Å². The van der Waals surface area contributed by atoms with E-state index >= 15 is 0 Å². The van der Waals surface area contributed by atoms with Crippen LogP contribution in [0.3, 0.4) is 0 Å². The molecule has 1 aliphatic rings. The minimum atomic E-state index is 0. The van der Waals surface area contributed by atoms with Gasteiger partial charge in [-0.25, -0.2) is 0 Å². The molecule has 1 aromatic heterocycles. The topological polar surface area (TPSA) is 28.6 Å². The van der Waals surface area contributed by atoms with E-state index in [9.17, 15) is 0 Å². The summed E-state index contributed by atoms with van der Waals surface area (Å²) < 4.78 is 5.93. The molecule has 134 valence electrons.